The lowest BCUT2D eigenvalue weighted by Gasteiger charge is -2.12. The number of aryl methyl sites for hydroxylation is 1. The summed E-state index contributed by atoms with van der Waals surface area (Å²) < 4.78 is 5.23. The summed E-state index contributed by atoms with van der Waals surface area (Å²) in [6.07, 6.45) is 0. The van der Waals surface area contributed by atoms with Crippen LogP contribution in [0.2, 0.25) is 15.1 Å². The lowest BCUT2D eigenvalue weighted by Crippen LogP contribution is -2.15. The normalized spacial score (nSPS) is 10.5. The highest BCUT2D eigenvalue weighted by Crippen LogP contribution is 2.34. The van der Waals surface area contributed by atoms with E-state index in [9.17, 15) is 4.79 Å². The van der Waals surface area contributed by atoms with Crippen LogP contribution in [0.1, 0.15) is 5.56 Å². The minimum absolute atomic E-state index is 0.175. The number of halogens is 3. The van der Waals surface area contributed by atoms with Crippen LogP contribution in [-0.2, 0) is 4.79 Å². The molecule has 0 aliphatic carbocycles. The van der Waals surface area contributed by atoms with E-state index in [1.165, 1.54) is 18.9 Å². The predicted octanol–water partition coefficient (Wildman–Crippen LogP) is 5.69. The van der Waals surface area contributed by atoms with Crippen molar-refractivity contribution < 1.29 is 9.53 Å². The first kappa shape index (κ1) is 18.3. The Hall–Kier alpha value is -1.07. The Kier molecular flexibility index (Phi) is 6.48. The van der Waals surface area contributed by atoms with Crippen LogP contribution in [0.5, 0.6) is 5.75 Å². The van der Waals surface area contributed by atoms with Crippen molar-refractivity contribution in [2.45, 2.75) is 11.8 Å². The molecule has 0 bridgehead atoms. The number of thioether (sulfide) groups is 1. The summed E-state index contributed by atoms with van der Waals surface area (Å²) >= 11 is 19.5. The van der Waals surface area contributed by atoms with Crippen LogP contribution in [0.3, 0.4) is 0 Å². The summed E-state index contributed by atoms with van der Waals surface area (Å²) in [6, 6.07) is 8.67. The standard InChI is InChI=1S/C16H14Cl3NO2S/c1-9-6-13(14(22-2)7-12(9)19)20-15(21)8-23-16-10(17)4-3-5-11(16)18/h3-7H,8H2,1-2H3,(H,20,21). The van der Waals surface area contributed by atoms with E-state index in [0.29, 0.717) is 31.4 Å². The zero-order valence-electron chi connectivity index (χ0n) is 12.5. The minimum atomic E-state index is -0.189. The molecular weight excluding hydrogens is 377 g/mol. The Morgan fingerprint density at radius 2 is 1.83 bits per heavy atom. The number of benzene rings is 2. The molecule has 2 aromatic carbocycles. The number of methoxy groups -OCH3 is 1. The Morgan fingerprint density at radius 1 is 1.17 bits per heavy atom. The van der Waals surface area contributed by atoms with E-state index in [1.54, 1.807) is 30.3 Å². The van der Waals surface area contributed by atoms with Gasteiger partial charge in [0.1, 0.15) is 5.75 Å². The van der Waals surface area contributed by atoms with Crippen molar-refractivity contribution in [3.05, 3.63) is 51.0 Å². The van der Waals surface area contributed by atoms with Crippen molar-refractivity contribution in [3.63, 3.8) is 0 Å². The number of hydrogen-bond acceptors (Lipinski definition) is 3. The zero-order chi connectivity index (χ0) is 17.0. The highest BCUT2D eigenvalue weighted by Gasteiger charge is 2.13. The first-order chi connectivity index (χ1) is 10.9. The number of hydrogen-bond donors (Lipinski definition) is 1. The Balaban J connectivity index is 2.07. The average Bonchev–Trinajstić information content (AvgIpc) is 2.50. The highest BCUT2D eigenvalue weighted by molar-refractivity contribution is 8.00. The molecule has 0 atom stereocenters. The number of ether oxygens (including phenoxy) is 1. The second-order valence-electron chi connectivity index (χ2n) is 4.69. The van der Waals surface area contributed by atoms with Gasteiger partial charge in [0.15, 0.2) is 0 Å². The molecule has 23 heavy (non-hydrogen) atoms. The highest BCUT2D eigenvalue weighted by atomic mass is 35.5. The number of anilines is 1. The Morgan fingerprint density at radius 3 is 2.43 bits per heavy atom. The summed E-state index contributed by atoms with van der Waals surface area (Å²) in [5.74, 6) is 0.495. The van der Waals surface area contributed by atoms with Gasteiger partial charge in [0, 0.05) is 16.0 Å². The summed E-state index contributed by atoms with van der Waals surface area (Å²) in [5.41, 5.74) is 1.43. The Labute approximate surface area is 154 Å². The summed E-state index contributed by atoms with van der Waals surface area (Å²) in [5, 5.41) is 4.44. The quantitative estimate of drug-likeness (QED) is 0.666. The van der Waals surface area contributed by atoms with Crippen molar-refractivity contribution in [3.8, 4) is 5.75 Å². The molecule has 0 aliphatic rings. The van der Waals surface area contributed by atoms with Crippen LogP contribution in [0.4, 0.5) is 5.69 Å². The van der Waals surface area contributed by atoms with Crippen molar-refractivity contribution in [2.24, 2.45) is 0 Å². The van der Waals surface area contributed by atoms with Gasteiger partial charge in [-0.3, -0.25) is 4.79 Å². The van der Waals surface area contributed by atoms with Crippen molar-refractivity contribution in [2.75, 3.05) is 18.2 Å². The van der Waals surface area contributed by atoms with Gasteiger partial charge in [0.05, 0.1) is 28.6 Å². The molecule has 122 valence electrons. The topological polar surface area (TPSA) is 38.3 Å². The monoisotopic (exact) mass is 389 g/mol. The molecule has 0 saturated heterocycles. The molecule has 1 amide bonds. The van der Waals surface area contributed by atoms with Gasteiger partial charge in [0.25, 0.3) is 0 Å². The van der Waals surface area contributed by atoms with Gasteiger partial charge < -0.3 is 10.1 Å². The Bertz CT molecular complexity index is 717. The van der Waals surface area contributed by atoms with E-state index < -0.39 is 0 Å². The van der Waals surface area contributed by atoms with Crippen LogP contribution < -0.4 is 10.1 Å². The summed E-state index contributed by atoms with van der Waals surface area (Å²) in [6.45, 7) is 1.86. The zero-order valence-corrected chi connectivity index (χ0v) is 15.5. The molecule has 0 saturated carbocycles. The fourth-order valence-electron chi connectivity index (χ4n) is 1.87. The molecule has 3 nitrogen and oxygen atoms in total. The number of rotatable bonds is 5. The molecule has 2 aromatic rings. The molecule has 0 unspecified atom stereocenters. The number of carbonyl (C=O) groups is 1. The molecule has 0 aromatic heterocycles. The number of carbonyl (C=O) groups excluding carboxylic acids is 1. The van der Waals surface area contributed by atoms with Crippen LogP contribution in [0.15, 0.2) is 35.2 Å². The molecule has 0 spiro atoms. The second-order valence-corrected chi connectivity index (χ2v) is 6.90. The molecular formula is C16H14Cl3NO2S. The molecule has 1 N–H and O–H groups in total. The molecule has 0 aliphatic heterocycles. The lowest BCUT2D eigenvalue weighted by atomic mass is 10.2. The van der Waals surface area contributed by atoms with Crippen LogP contribution in [-0.4, -0.2) is 18.8 Å². The molecule has 7 heteroatoms. The third kappa shape index (κ3) is 4.70. The smallest absolute Gasteiger partial charge is 0.234 e. The van der Waals surface area contributed by atoms with Gasteiger partial charge in [-0.25, -0.2) is 0 Å². The van der Waals surface area contributed by atoms with Crippen molar-refractivity contribution in [1.29, 1.82) is 0 Å². The van der Waals surface area contributed by atoms with E-state index in [1.807, 2.05) is 6.92 Å². The number of amides is 1. The maximum absolute atomic E-state index is 12.2. The van der Waals surface area contributed by atoms with E-state index >= 15 is 0 Å². The van der Waals surface area contributed by atoms with E-state index in [2.05, 4.69) is 5.32 Å². The largest absolute Gasteiger partial charge is 0.495 e. The fraction of sp³-hybridized carbons (Fsp3) is 0.188. The van der Waals surface area contributed by atoms with E-state index in [0.717, 1.165) is 5.56 Å². The fourth-order valence-corrected chi connectivity index (χ4v) is 3.51. The molecule has 0 fully saturated rings. The molecule has 0 radical (unpaired) electrons. The third-order valence-corrected chi connectivity index (χ3v) is 5.42. The van der Waals surface area contributed by atoms with Crippen LogP contribution in [0.25, 0.3) is 0 Å². The van der Waals surface area contributed by atoms with E-state index in [4.69, 9.17) is 39.5 Å². The minimum Gasteiger partial charge on any atom is -0.495 e. The number of nitrogens with one attached hydrogen (secondary N) is 1. The van der Waals surface area contributed by atoms with E-state index in [-0.39, 0.29) is 11.7 Å². The summed E-state index contributed by atoms with van der Waals surface area (Å²) in [4.78, 5) is 12.9. The average molecular weight is 391 g/mol. The molecule has 2 rings (SSSR count). The van der Waals surface area contributed by atoms with Gasteiger partial charge in [0.2, 0.25) is 5.91 Å². The van der Waals surface area contributed by atoms with Gasteiger partial charge in [-0.1, -0.05) is 40.9 Å². The van der Waals surface area contributed by atoms with Gasteiger partial charge in [-0.2, -0.15) is 0 Å². The maximum Gasteiger partial charge on any atom is 0.234 e. The van der Waals surface area contributed by atoms with Crippen LogP contribution >= 0.6 is 46.6 Å². The lowest BCUT2D eigenvalue weighted by molar-refractivity contribution is -0.113. The van der Waals surface area contributed by atoms with Crippen molar-refractivity contribution >= 4 is 58.2 Å². The summed E-state index contributed by atoms with van der Waals surface area (Å²) in [7, 11) is 1.52. The van der Waals surface area contributed by atoms with Crippen molar-refractivity contribution in [1.82, 2.24) is 0 Å². The third-order valence-electron chi connectivity index (χ3n) is 3.02. The second kappa shape index (κ2) is 8.15. The maximum atomic E-state index is 12.2. The SMILES string of the molecule is COc1cc(Cl)c(C)cc1NC(=O)CSc1c(Cl)cccc1Cl. The molecule has 0 heterocycles. The first-order valence-electron chi connectivity index (χ1n) is 6.63. The van der Waals surface area contributed by atoms with Gasteiger partial charge in [-0.05, 0) is 30.7 Å². The first-order valence-corrected chi connectivity index (χ1v) is 8.75. The van der Waals surface area contributed by atoms with Gasteiger partial charge >= 0.3 is 0 Å². The van der Waals surface area contributed by atoms with Crippen LogP contribution in [0, 0.1) is 6.92 Å². The predicted molar refractivity (Wildman–Crippen MR) is 98.6 cm³/mol. The van der Waals surface area contributed by atoms with Gasteiger partial charge in [-0.15, -0.1) is 11.8 Å².